The molecule has 0 aliphatic rings. The number of hydrogen-bond acceptors (Lipinski definition) is 3. The van der Waals surface area contributed by atoms with Crippen LogP contribution in [0.25, 0.3) is 11.3 Å². The van der Waals surface area contributed by atoms with Gasteiger partial charge in [0.25, 0.3) is 0 Å². The number of anilines is 1. The van der Waals surface area contributed by atoms with Crippen LogP contribution in [0, 0.1) is 17.4 Å². The van der Waals surface area contributed by atoms with Crippen molar-refractivity contribution < 1.29 is 0 Å². The van der Waals surface area contributed by atoms with E-state index in [1.807, 2.05) is 26.0 Å². The molecule has 0 atom stereocenters. The molecule has 0 unspecified atom stereocenters. The fourth-order valence-electron chi connectivity index (χ4n) is 1.69. The Morgan fingerprint density at radius 1 is 1.53 bits per heavy atom. The van der Waals surface area contributed by atoms with E-state index in [0.29, 0.717) is 17.1 Å². The SMILES string of the molecule is CC(C)n1nc(-c2c[c]ccc2)c(C#N)c1N. The average Bonchev–Trinajstić information content (AvgIpc) is 2.67. The van der Waals surface area contributed by atoms with Crippen LogP contribution in [0.2, 0.25) is 0 Å². The maximum absolute atomic E-state index is 9.16. The molecule has 85 valence electrons. The van der Waals surface area contributed by atoms with E-state index in [1.54, 1.807) is 16.8 Å². The molecule has 1 heterocycles. The van der Waals surface area contributed by atoms with Crippen molar-refractivity contribution in [2.45, 2.75) is 19.9 Å². The van der Waals surface area contributed by atoms with Gasteiger partial charge in [0.1, 0.15) is 23.1 Å². The lowest BCUT2D eigenvalue weighted by Crippen LogP contribution is -2.07. The van der Waals surface area contributed by atoms with Gasteiger partial charge in [-0.3, -0.25) is 0 Å². The minimum absolute atomic E-state index is 0.128. The number of nitrogens with zero attached hydrogens (tertiary/aromatic N) is 3. The summed E-state index contributed by atoms with van der Waals surface area (Å²) in [6.07, 6.45) is 0. The van der Waals surface area contributed by atoms with Crippen LogP contribution in [-0.2, 0) is 0 Å². The van der Waals surface area contributed by atoms with Gasteiger partial charge in [-0.25, -0.2) is 4.68 Å². The van der Waals surface area contributed by atoms with E-state index in [-0.39, 0.29) is 6.04 Å². The summed E-state index contributed by atoms with van der Waals surface area (Å²) in [6, 6.07) is 12.6. The van der Waals surface area contributed by atoms with Crippen LogP contribution in [0.5, 0.6) is 0 Å². The lowest BCUT2D eigenvalue weighted by Gasteiger charge is -2.06. The highest BCUT2D eigenvalue weighted by atomic mass is 15.3. The fraction of sp³-hybridized carbons (Fsp3) is 0.231. The zero-order valence-electron chi connectivity index (χ0n) is 9.81. The van der Waals surface area contributed by atoms with Crippen LogP contribution in [0.1, 0.15) is 25.5 Å². The highest BCUT2D eigenvalue weighted by Crippen LogP contribution is 2.27. The number of aromatic nitrogens is 2. The maximum atomic E-state index is 9.16. The van der Waals surface area contributed by atoms with E-state index in [0.717, 1.165) is 5.56 Å². The first-order chi connectivity index (χ1) is 8.15. The van der Waals surface area contributed by atoms with E-state index in [9.17, 15) is 0 Å². The molecule has 4 nitrogen and oxygen atoms in total. The van der Waals surface area contributed by atoms with E-state index in [2.05, 4.69) is 17.2 Å². The third-order valence-corrected chi connectivity index (χ3v) is 2.53. The van der Waals surface area contributed by atoms with Crippen LogP contribution in [-0.4, -0.2) is 9.78 Å². The number of benzene rings is 1. The van der Waals surface area contributed by atoms with E-state index >= 15 is 0 Å². The van der Waals surface area contributed by atoms with Crippen LogP contribution in [0.3, 0.4) is 0 Å². The zero-order chi connectivity index (χ0) is 12.4. The molecule has 2 N–H and O–H groups in total. The topological polar surface area (TPSA) is 67.6 Å². The largest absolute Gasteiger partial charge is 0.383 e. The van der Waals surface area contributed by atoms with Crippen molar-refractivity contribution in [1.29, 1.82) is 5.26 Å². The lowest BCUT2D eigenvalue weighted by molar-refractivity contribution is 0.542. The summed E-state index contributed by atoms with van der Waals surface area (Å²) in [5, 5.41) is 13.6. The predicted octanol–water partition coefficient (Wildman–Crippen LogP) is 2.39. The van der Waals surface area contributed by atoms with Gasteiger partial charge in [0.2, 0.25) is 0 Å². The smallest absolute Gasteiger partial charge is 0.140 e. The zero-order valence-corrected chi connectivity index (χ0v) is 9.81. The van der Waals surface area contributed by atoms with Gasteiger partial charge in [-0.2, -0.15) is 10.4 Å². The Labute approximate surface area is 100 Å². The van der Waals surface area contributed by atoms with Crippen LogP contribution < -0.4 is 5.73 Å². The Balaban J connectivity index is 2.64. The summed E-state index contributed by atoms with van der Waals surface area (Å²) >= 11 is 0. The summed E-state index contributed by atoms with van der Waals surface area (Å²) in [7, 11) is 0. The highest BCUT2D eigenvalue weighted by molar-refractivity contribution is 5.72. The van der Waals surface area contributed by atoms with Crippen molar-refractivity contribution in [3.05, 3.63) is 35.9 Å². The predicted molar refractivity (Wildman–Crippen MR) is 66.0 cm³/mol. The quantitative estimate of drug-likeness (QED) is 0.853. The Morgan fingerprint density at radius 2 is 2.29 bits per heavy atom. The summed E-state index contributed by atoms with van der Waals surface area (Å²) in [6.45, 7) is 3.96. The second-order valence-electron chi connectivity index (χ2n) is 4.05. The van der Waals surface area contributed by atoms with Crippen molar-refractivity contribution in [2.24, 2.45) is 0 Å². The second-order valence-corrected chi connectivity index (χ2v) is 4.05. The molecule has 0 saturated carbocycles. The fourth-order valence-corrected chi connectivity index (χ4v) is 1.69. The summed E-state index contributed by atoms with van der Waals surface area (Å²) in [5.41, 5.74) is 7.83. The molecular formula is C13H13N4. The first-order valence-electron chi connectivity index (χ1n) is 5.39. The van der Waals surface area contributed by atoms with Gasteiger partial charge >= 0.3 is 0 Å². The molecule has 0 aliphatic carbocycles. The van der Waals surface area contributed by atoms with Gasteiger partial charge in [0, 0.05) is 11.6 Å². The maximum Gasteiger partial charge on any atom is 0.140 e. The molecule has 1 aromatic carbocycles. The van der Waals surface area contributed by atoms with Crippen molar-refractivity contribution in [3.63, 3.8) is 0 Å². The third kappa shape index (κ3) is 1.87. The van der Waals surface area contributed by atoms with Gasteiger partial charge in [0.15, 0.2) is 0 Å². The van der Waals surface area contributed by atoms with Crippen molar-refractivity contribution in [1.82, 2.24) is 9.78 Å². The van der Waals surface area contributed by atoms with Gasteiger partial charge in [0.05, 0.1) is 0 Å². The molecule has 0 saturated heterocycles. The molecule has 4 heteroatoms. The van der Waals surface area contributed by atoms with Gasteiger partial charge < -0.3 is 5.73 Å². The van der Waals surface area contributed by atoms with Gasteiger partial charge in [-0.15, -0.1) is 0 Å². The Bertz CT molecular complexity index is 561. The highest BCUT2D eigenvalue weighted by Gasteiger charge is 2.17. The molecule has 0 amide bonds. The van der Waals surface area contributed by atoms with Crippen LogP contribution >= 0.6 is 0 Å². The molecule has 0 aliphatic heterocycles. The first kappa shape index (κ1) is 11.2. The minimum atomic E-state index is 0.128. The lowest BCUT2D eigenvalue weighted by atomic mass is 10.1. The molecule has 1 aromatic heterocycles. The molecule has 2 aromatic rings. The number of nitrogen functional groups attached to an aromatic ring is 1. The van der Waals surface area contributed by atoms with E-state index in [1.165, 1.54) is 0 Å². The second kappa shape index (κ2) is 4.30. The summed E-state index contributed by atoms with van der Waals surface area (Å²) < 4.78 is 1.67. The monoisotopic (exact) mass is 225 g/mol. The Morgan fingerprint density at radius 3 is 2.82 bits per heavy atom. The molecular weight excluding hydrogens is 212 g/mol. The van der Waals surface area contributed by atoms with Crippen LogP contribution in [0.4, 0.5) is 5.82 Å². The third-order valence-electron chi connectivity index (χ3n) is 2.53. The van der Waals surface area contributed by atoms with Gasteiger partial charge in [-0.05, 0) is 26.0 Å². The van der Waals surface area contributed by atoms with Crippen LogP contribution in [0.15, 0.2) is 24.3 Å². The normalized spacial score (nSPS) is 10.5. The summed E-state index contributed by atoms with van der Waals surface area (Å²) in [4.78, 5) is 0. The first-order valence-corrected chi connectivity index (χ1v) is 5.39. The molecule has 0 fully saturated rings. The standard InChI is InChI=1S/C13H13N4/c1-9(2)17-13(15)11(8-14)12(16-17)10-6-4-3-5-7-10/h3-4,6-7,9H,15H2,1-2H3. The number of hydrogen-bond donors (Lipinski definition) is 1. The van der Waals surface area contributed by atoms with Crippen molar-refractivity contribution >= 4 is 5.82 Å². The van der Waals surface area contributed by atoms with Crippen molar-refractivity contribution in [3.8, 4) is 17.3 Å². The number of nitriles is 1. The molecule has 0 bridgehead atoms. The van der Waals surface area contributed by atoms with E-state index in [4.69, 9.17) is 11.0 Å². The summed E-state index contributed by atoms with van der Waals surface area (Å²) in [5.74, 6) is 0.418. The molecule has 2 rings (SSSR count). The Hall–Kier alpha value is -2.28. The molecule has 17 heavy (non-hydrogen) atoms. The number of nitrogens with two attached hydrogens (primary N) is 1. The Kier molecular flexibility index (Phi) is 2.84. The average molecular weight is 225 g/mol. The van der Waals surface area contributed by atoms with Crippen molar-refractivity contribution in [2.75, 3.05) is 5.73 Å². The molecule has 0 spiro atoms. The molecule has 1 radical (unpaired) electrons. The minimum Gasteiger partial charge on any atom is -0.383 e. The number of rotatable bonds is 2. The van der Waals surface area contributed by atoms with E-state index < -0.39 is 0 Å². The van der Waals surface area contributed by atoms with Gasteiger partial charge in [-0.1, -0.05) is 18.2 Å².